The van der Waals surface area contributed by atoms with Crippen molar-refractivity contribution in [3.63, 3.8) is 0 Å². The zero-order valence-electron chi connectivity index (χ0n) is 11.0. The van der Waals surface area contributed by atoms with Crippen LogP contribution in [0.25, 0.3) is 0 Å². The van der Waals surface area contributed by atoms with Gasteiger partial charge in [0.05, 0.1) is 6.54 Å². The summed E-state index contributed by atoms with van der Waals surface area (Å²) in [5.74, 6) is -1.63. The zero-order valence-corrected chi connectivity index (χ0v) is 11.0. The summed E-state index contributed by atoms with van der Waals surface area (Å²) in [6.45, 7) is 0.939. The van der Waals surface area contributed by atoms with Gasteiger partial charge in [0, 0.05) is 31.3 Å². The summed E-state index contributed by atoms with van der Waals surface area (Å²) in [7, 11) is 1.63. The molecular formula is C13H15F2N3O2. The van der Waals surface area contributed by atoms with Crippen molar-refractivity contribution in [2.75, 3.05) is 26.7 Å². The maximum Gasteiger partial charge on any atom is 0.324 e. The number of hydrogen-bond donors (Lipinski definition) is 1. The van der Waals surface area contributed by atoms with Crippen LogP contribution in [-0.4, -0.2) is 48.4 Å². The minimum atomic E-state index is -0.650. The van der Waals surface area contributed by atoms with Crippen LogP contribution in [0.5, 0.6) is 0 Å². The summed E-state index contributed by atoms with van der Waals surface area (Å²) in [5.41, 5.74) is 0.299. The topological polar surface area (TPSA) is 52.7 Å². The highest BCUT2D eigenvalue weighted by atomic mass is 19.1. The maximum absolute atomic E-state index is 13.5. The molecule has 1 aliphatic heterocycles. The molecule has 0 radical (unpaired) electrons. The van der Waals surface area contributed by atoms with Crippen LogP contribution in [0.15, 0.2) is 18.2 Å². The number of nitrogens with one attached hydrogen (secondary N) is 1. The number of nitrogens with zero attached hydrogens (tertiary/aromatic N) is 2. The summed E-state index contributed by atoms with van der Waals surface area (Å²) in [4.78, 5) is 25.9. The number of hydrogen-bond acceptors (Lipinski definition) is 3. The Bertz CT molecular complexity index is 536. The van der Waals surface area contributed by atoms with E-state index >= 15 is 0 Å². The van der Waals surface area contributed by atoms with Crippen LogP contribution < -0.4 is 5.32 Å². The summed E-state index contributed by atoms with van der Waals surface area (Å²) in [6.07, 6.45) is 0. The van der Waals surface area contributed by atoms with Crippen LogP contribution in [0.1, 0.15) is 5.56 Å². The Morgan fingerprint density at radius 3 is 2.80 bits per heavy atom. The number of carbonyl (C=O) groups excluding carboxylic acids is 2. The molecule has 1 aromatic rings. The molecule has 1 aliphatic rings. The van der Waals surface area contributed by atoms with Gasteiger partial charge in [-0.2, -0.15) is 0 Å². The number of amides is 3. The molecule has 0 saturated carbocycles. The summed E-state index contributed by atoms with van der Waals surface area (Å²) in [5, 5.41) is 2.53. The molecule has 0 atom stereocenters. The minimum Gasteiger partial charge on any atom is -0.336 e. The molecule has 1 aromatic carbocycles. The average Bonchev–Trinajstić information content (AvgIpc) is 2.79. The molecule has 7 heteroatoms. The van der Waals surface area contributed by atoms with Gasteiger partial charge in [0.2, 0.25) is 5.91 Å². The van der Waals surface area contributed by atoms with Crippen LogP contribution in [-0.2, 0) is 11.3 Å². The Morgan fingerprint density at radius 2 is 2.20 bits per heavy atom. The number of imide groups is 1. The smallest absolute Gasteiger partial charge is 0.324 e. The minimum absolute atomic E-state index is 0.00969. The van der Waals surface area contributed by atoms with Crippen molar-refractivity contribution in [2.45, 2.75) is 6.54 Å². The van der Waals surface area contributed by atoms with Crippen molar-refractivity contribution < 1.29 is 18.4 Å². The Labute approximate surface area is 115 Å². The van der Waals surface area contributed by atoms with E-state index < -0.39 is 17.7 Å². The van der Waals surface area contributed by atoms with E-state index in [4.69, 9.17) is 0 Å². The number of rotatable bonds is 4. The number of carbonyl (C=O) groups is 2. The van der Waals surface area contributed by atoms with Gasteiger partial charge in [-0.3, -0.25) is 14.6 Å². The second-order valence-electron chi connectivity index (χ2n) is 4.69. The predicted molar refractivity (Wildman–Crippen MR) is 67.8 cm³/mol. The van der Waals surface area contributed by atoms with Crippen molar-refractivity contribution in [1.82, 2.24) is 15.1 Å². The van der Waals surface area contributed by atoms with Crippen LogP contribution in [0, 0.1) is 11.6 Å². The third-order valence-corrected chi connectivity index (χ3v) is 3.02. The standard InChI is InChI=1S/C13H15F2N3O2/c1-17(7-9-2-3-10(14)6-11(9)15)8-12(19)18-5-4-16-13(18)20/h2-3,6H,4-5,7-8H2,1H3,(H,16,20). The maximum atomic E-state index is 13.5. The third kappa shape index (κ3) is 3.30. The highest BCUT2D eigenvalue weighted by molar-refractivity contribution is 5.96. The quantitative estimate of drug-likeness (QED) is 0.895. The highest BCUT2D eigenvalue weighted by Crippen LogP contribution is 2.11. The van der Waals surface area contributed by atoms with Gasteiger partial charge in [0.1, 0.15) is 11.6 Å². The van der Waals surface area contributed by atoms with Gasteiger partial charge >= 0.3 is 6.03 Å². The van der Waals surface area contributed by atoms with E-state index in [1.54, 1.807) is 11.9 Å². The molecule has 1 N–H and O–H groups in total. The van der Waals surface area contributed by atoms with Crippen LogP contribution in [0.2, 0.25) is 0 Å². The Balaban J connectivity index is 1.93. The van der Waals surface area contributed by atoms with Gasteiger partial charge in [-0.25, -0.2) is 13.6 Å². The normalized spacial score (nSPS) is 14.8. The summed E-state index contributed by atoms with van der Waals surface area (Å²) < 4.78 is 26.3. The molecule has 0 unspecified atom stereocenters. The van der Waals surface area contributed by atoms with Crippen molar-refractivity contribution in [2.24, 2.45) is 0 Å². The fourth-order valence-electron chi connectivity index (χ4n) is 2.02. The van der Waals surface area contributed by atoms with Gasteiger partial charge in [0.15, 0.2) is 0 Å². The zero-order chi connectivity index (χ0) is 14.7. The molecule has 1 fully saturated rings. The first kappa shape index (κ1) is 14.4. The molecule has 5 nitrogen and oxygen atoms in total. The largest absolute Gasteiger partial charge is 0.336 e. The van der Waals surface area contributed by atoms with Crippen LogP contribution in [0.3, 0.4) is 0 Å². The molecule has 1 saturated heterocycles. The molecule has 3 amide bonds. The monoisotopic (exact) mass is 283 g/mol. The Kier molecular flexibility index (Phi) is 4.29. The second-order valence-corrected chi connectivity index (χ2v) is 4.69. The van der Waals surface area contributed by atoms with E-state index in [1.165, 1.54) is 12.1 Å². The first-order valence-electron chi connectivity index (χ1n) is 6.18. The lowest BCUT2D eigenvalue weighted by Gasteiger charge is -2.19. The van der Waals surface area contributed by atoms with E-state index in [1.807, 2.05) is 0 Å². The van der Waals surface area contributed by atoms with Gasteiger partial charge in [-0.1, -0.05) is 6.07 Å². The van der Waals surface area contributed by atoms with Crippen LogP contribution >= 0.6 is 0 Å². The molecule has 2 rings (SSSR count). The molecule has 0 aliphatic carbocycles. The Morgan fingerprint density at radius 1 is 1.45 bits per heavy atom. The second kappa shape index (κ2) is 5.96. The Hall–Kier alpha value is -2.02. The van der Waals surface area contributed by atoms with Crippen molar-refractivity contribution in [1.29, 1.82) is 0 Å². The first-order valence-corrected chi connectivity index (χ1v) is 6.18. The summed E-state index contributed by atoms with van der Waals surface area (Å²) in [6, 6.07) is 2.91. The molecule has 108 valence electrons. The van der Waals surface area contributed by atoms with Gasteiger partial charge in [0.25, 0.3) is 0 Å². The third-order valence-electron chi connectivity index (χ3n) is 3.02. The van der Waals surface area contributed by atoms with E-state index in [-0.39, 0.29) is 19.0 Å². The molecule has 20 heavy (non-hydrogen) atoms. The predicted octanol–water partition coefficient (Wildman–Crippen LogP) is 0.948. The van der Waals surface area contributed by atoms with E-state index in [0.717, 1.165) is 11.0 Å². The van der Waals surface area contributed by atoms with Crippen LogP contribution in [0.4, 0.5) is 13.6 Å². The van der Waals surface area contributed by atoms with E-state index in [9.17, 15) is 18.4 Å². The van der Waals surface area contributed by atoms with Gasteiger partial charge in [-0.15, -0.1) is 0 Å². The molecule has 1 heterocycles. The van der Waals surface area contributed by atoms with E-state index in [0.29, 0.717) is 18.7 Å². The highest BCUT2D eigenvalue weighted by Gasteiger charge is 2.26. The van der Waals surface area contributed by atoms with Gasteiger partial charge < -0.3 is 5.32 Å². The van der Waals surface area contributed by atoms with E-state index in [2.05, 4.69) is 5.32 Å². The fourth-order valence-corrected chi connectivity index (χ4v) is 2.02. The number of likely N-dealkylation sites (N-methyl/N-ethyl adjacent to an activating group) is 1. The number of urea groups is 1. The average molecular weight is 283 g/mol. The summed E-state index contributed by atoms with van der Waals surface area (Å²) >= 11 is 0. The fraction of sp³-hybridized carbons (Fsp3) is 0.385. The molecule has 0 spiro atoms. The van der Waals surface area contributed by atoms with Gasteiger partial charge in [-0.05, 0) is 13.1 Å². The lowest BCUT2D eigenvalue weighted by atomic mass is 10.2. The number of benzene rings is 1. The lowest BCUT2D eigenvalue weighted by Crippen LogP contribution is -2.40. The SMILES string of the molecule is CN(CC(=O)N1CCNC1=O)Cc1ccc(F)cc1F. The molecule has 0 aromatic heterocycles. The first-order chi connectivity index (χ1) is 9.47. The molecular weight excluding hydrogens is 268 g/mol. The van der Waals surface area contributed by atoms with Crippen molar-refractivity contribution in [3.8, 4) is 0 Å². The van der Waals surface area contributed by atoms with Crippen molar-refractivity contribution >= 4 is 11.9 Å². The number of halogens is 2. The van der Waals surface area contributed by atoms with Crippen molar-refractivity contribution in [3.05, 3.63) is 35.4 Å². The molecule has 0 bridgehead atoms. The lowest BCUT2D eigenvalue weighted by molar-refractivity contribution is -0.128.